The molecule has 1 aliphatic carbocycles. The molecule has 1 aromatic carbocycles. The lowest BCUT2D eigenvalue weighted by molar-refractivity contribution is -0.137. The van der Waals surface area contributed by atoms with Crippen LogP contribution in [0.15, 0.2) is 46.0 Å². The number of hydrogen-bond donors (Lipinski definition) is 0. The number of amides is 1. The summed E-state index contributed by atoms with van der Waals surface area (Å²) in [6, 6.07) is 8.39. The second-order valence-electron chi connectivity index (χ2n) is 7.97. The van der Waals surface area contributed by atoms with Crippen LogP contribution in [0.2, 0.25) is 5.22 Å². The standard InChI is InChI=1S/C22H22ClF3N2O3/c23-20-9-8-19(30-20)18-11-17(31-27-18)13-28(21(29)15-5-1-2-6-15)12-14-4-3-7-16(10-14)22(24,25)26/h3-4,7-10,15,17H,1-2,5-6,11-13H2. The van der Waals surface area contributed by atoms with Gasteiger partial charge >= 0.3 is 6.18 Å². The molecule has 1 amide bonds. The molecule has 1 saturated carbocycles. The number of furan rings is 1. The van der Waals surface area contributed by atoms with Gasteiger partial charge in [0.1, 0.15) is 5.71 Å². The Hall–Kier alpha value is -2.48. The van der Waals surface area contributed by atoms with Crippen LogP contribution in [-0.4, -0.2) is 29.2 Å². The Kier molecular flexibility index (Phi) is 6.27. The van der Waals surface area contributed by atoms with Gasteiger partial charge in [-0.1, -0.05) is 30.1 Å². The average Bonchev–Trinajstić information content (AvgIpc) is 3.48. The highest BCUT2D eigenvalue weighted by molar-refractivity contribution is 6.29. The molecular formula is C22H22ClF3N2O3. The summed E-state index contributed by atoms with van der Waals surface area (Å²) in [4.78, 5) is 20.2. The van der Waals surface area contributed by atoms with Crippen molar-refractivity contribution < 1.29 is 27.2 Å². The predicted octanol–water partition coefficient (Wildman–Crippen LogP) is 5.66. The van der Waals surface area contributed by atoms with E-state index in [1.807, 2.05) is 0 Å². The summed E-state index contributed by atoms with van der Waals surface area (Å²) in [5, 5.41) is 4.28. The molecule has 0 radical (unpaired) electrons. The van der Waals surface area contributed by atoms with E-state index in [-0.39, 0.29) is 30.1 Å². The first kappa shape index (κ1) is 21.7. The third-order valence-electron chi connectivity index (χ3n) is 5.66. The number of oxime groups is 1. The van der Waals surface area contributed by atoms with Gasteiger partial charge in [0.25, 0.3) is 0 Å². The zero-order valence-electron chi connectivity index (χ0n) is 16.7. The molecule has 31 heavy (non-hydrogen) atoms. The summed E-state index contributed by atoms with van der Waals surface area (Å²) in [5.74, 6) is 0.350. The van der Waals surface area contributed by atoms with Crippen LogP contribution < -0.4 is 0 Å². The van der Waals surface area contributed by atoms with E-state index in [4.69, 9.17) is 20.9 Å². The maximum absolute atomic E-state index is 13.1. The van der Waals surface area contributed by atoms with Gasteiger partial charge in [-0.05, 0) is 54.3 Å². The zero-order valence-corrected chi connectivity index (χ0v) is 17.5. The van der Waals surface area contributed by atoms with Crippen molar-refractivity contribution in [2.45, 2.75) is 50.9 Å². The number of carbonyl (C=O) groups excluding carboxylic acids is 1. The third-order valence-corrected chi connectivity index (χ3v) is 5.86. The Bertz CT molecular complexity index is 967. The fourth-order valence-electron chi connectivity index (χ4n) is 4.12. The highest BCUT2D eigenvalue weighted by atomic mass is 35.5. The molecule has 0 saturated heterocycles. The van der Waals surface area contributed by atoms with Crippen LogP contribution in [0.4, 0.5) is 13.2 Å². The second-order valence-corrected chi connectivity index (χ2v) is 8.34. The Morgan fingerprint density at radius 3 is 2.65 bits per heavy atom. The van der Waals surface area contributed by atoms with Gasteiger partial charge in [0.05, 0.1) is 12.1 Å². The van der Waals surface area contributed by atoms with Crippen LogP contribution in [0, 0.1) is 5.92 Å². The molecule has 2 aromatic rings. The average molecular weight is 455 g/mol. The second kappa shape index (κ2) is 8.94. The minimum absolute atomic E-state index is 0.0481. The lowest BCUT2D eigenvalue weighted by atomic mass is 10.0. The Labute approximate surface area is 182 Å². The number of hydrogen-bond acceptors (Lipinski definition) is 4. The van der Waals surface area contributed by atoms with Gasteiger partial charge < -0.3 is 14.2 Å². The highest BCUT2D eigenvalue weighted by Crippen LogP contribution is 2.31. The van der Waals surface area contributed by atoms with Crippen LogP contribution in [0.5, 0.6) is 0 Å². The van der Waals surface area contributed by atoms with Crippen molar-refractivity contribution in [1.29, 1.82) is 0 Å². The first-order valence-corrected chi connectivity index (χ1v) is 10.6. The molecule has 2 aliphatic rings. The highest BCUT2D eigenvalue weighted by Gasteiger charge is 2.33. The molecule has 0 spiro atoms. The number of benzene rings is 1. The fourth-order valence-corrected chi connectivity index (χ4v) is 4.26. The van der Waals surface area contributed by atoms with Crippen molar-refractivity contribution in [2.24, 2.45) is 11.1 Å². The summed E-state index contributed by atoms with van der Waals surface area (Å²) in [6.07, 6.45) is -0.846. The van der Waals surface area contributed by atoms with E-state index in [1.54, 1.807) is 23.1 Å². The zero-order chi connectivity index (χ0) is 22.0. The number of rotatable bonds is 6. The molecule has 9 heteroatoms. The van der Waals surface area contributed by atoms with Crippen molar-refractivity contribution in [3.63, 3.8) is 0 Å². The van der Waals surface area contributed by atoms with E-state index in [0.717, 1.165) is 37.8 Å². The van der Waals surface area contributed by atoms with Crippen molar-refractivity contribution >= 4 is 23.2 Å². The summed E-state index contributed by atoms with van der Waals surface area (Å²) in [7, 11) is 0. The summed E-state index contributed by atoms with van der Waals surface area (Å²) < 4.78 is 44.7. The smallest absolute Gasteiger partial charge is 0.416 e. The summed E-state index contributed by atoms with van der Waals surface area (Å²) >= 11 is 5.81. The van der Waals surface area contributed by atoms with Crippen LogP contribution >= 0.6 is 11.6 Å². The van der Waals surface area contributed by atoms with E-state index in [9.17, 15) is 18.0 Å². The minimum atomic E-state index is -4.43. The molecule has 1 atom stereocenters. The van der Waals surface area contributed by atoms with Gasteiger partial charge in [0.15, 0.2) is 17.1 Å². The minimum Gasteiger partial charge on any atom is -0.443 e. The first-order chi connectivity index (χ1) is 14.8. The van der Waals surface area contributed by atoms with Crippen molar-refractivity contribution in [2.75, 3.05) is 6.54 Å². The van der Waals surface area contributed by atoms with Gasteiger partial charge in [-0.2, -0.15) is 13.2 Å². The lowest BCUT2D eigenvalue weighted by Gasteiger charge is -2.28. The monoisotopic (exact) mass is 454 g/mol. The fraction of sp³-hybridized carbons (Fsp3) is 0.455. The molecule has 1 aliphatic heterocycles. The quantitative estimate of drug-likeness (QED) is 0.565. The topological polar surface area (TPSA) is 55.0 Å². The Morgan fingerprint density at radius 1 is 1.19 bits per heavy atom. The molecular weight excluding hydrogens is 433 g/mol. The number of alkyl halides is 3. The molecule has 1 fully saturated rings. The SMILES string of the molecule is O=C(C1CCCC1)N(Cc1cccc(C(F)(F)F)c1)CC1CC(c2ccc(Cl)o2)=NO1. The van der Waals surface area contributed by atoms with Crippen LogP contribution in [0.3, 0.4) is 0 Å². The third kappa shape index (κ3) is 5.23. The molecule has 1 unspecified atom stereocenters. The maximum Gasteiger partial charge on any atom is 0.416 e. The largest absolute Gasteiger partial charge is 0.443 e. The molecule has 5 nitrogen and oxygen atoms in total. The van der Waals surface area contributed by atoms with Gasteiger partial charge in [-0.15, -0.1) is 0 Å². The number of nitrogens with zero attached hydrogens (tertiary/aromatic N) is 2. The molecule has 0 bridgehead atoms. The van der Waals surface area contributed by atoms with E-state index in [1.165, 1.54) is 6.07 Å². The Balaban J connectivity index is 1.48. The molecule has 1 aromatic heterocycles. The maximum atomic E-state index is 13.1. The van der Waals surface area contributed by atoms with Crippen LogP contribution in [0.25, 0.3) is 0 Å². The van der Waals surface area contributed by atoms with E-state index >= 15 is 0 Å². The number of carbonyl (C=O) groups is 1. The molecule has 166 valence electrons. The van der Waals surface area contributed by atoms with Gasteiger partial charge in [-0.25, -0.2) is 0 Å². The Morgan fingerprint density at radius 2 is 1.97 bits per heavy atom. The van der Waals surface area contributed by atoms with Crippen molar-refractivity contribution in [3.8, 4) is 0 Å². The number of halogens is 4. The van der Waals surface area contributed by atoms with Crippen molar-refractivity contribution in [3.05, 3.63) is 58.5 Å². The first-order valence-electron chi connectivity index (χ1n) is 10.2. The summed E-state index contributed by atoms with van der Waals surface area (Å²) in [5.41, 5.74) is 0.290. The molecule has 0 N–H and O–H groups in total. The predicted molar refractivity (Wildman–Crippen MR) is 109 cm³/mol. The van der Waals surface area contributed by atoms with Crippen molar-refractivity contribution in [1.82, 2.24) is 4.90 Å². The summed E-state index contributed by atoms with van der Waals surface area (Å²) in [6.45, 7) is 0.314. The van der Waals surface area contributed by atoms with E-state index in [2.05, 4.69) is 5.16 Å². The van der Waals surface area contributed by atoms with Gasteiger partial charge in [-0.3, -0.25) is 4.79 Å². The lowest BCUT2D eigenvalue weighted by Crippen LogP contribution is -2.40. The molecule has 4 rings (SSSR count). The normalized spacial score (nSPS) is 19.4. The van der Waals surface area contributed by atoms with Crippen LogP contribution in [0.1, 0.15) is 49.0 Å². The van der Waals surface area contributed by atoms with Gasteiger partial charge in [0, 0.05) is 18.9 Å². The van der Waals surface area contributed by atoms with E-state index in [0.29, 0.717) is 23.5 Å². The molecule has 2 heterocycles. The van der Waals surface area contributed by atoms with E-state index < -0.39 is 17.8 Å². The van der Waals surface area contributed by atoms with Crippen LogP contribution in [-0.2, 0) is 22.4 Å². The van der Waals surface area contributed by atoms with Gasteiger partial charge in [0.2, 0.25) is 5.91 Å².